The number of benzene rings is 1. The molecule has 1 aromatic rings. The molecule has 0 aliphatic carbocycles. The van der Waals surface area contributed by atoms with Crippen LogP contribution in [0, 0.1) is 0 Å². The van der Waals surface area contributed by atoms with E-state index >= 15 is 0 Å². The average Bonchev–Trinajstić information content (AvgIpc) is 2.11. The fourth-order valence-electron chi connectivity index (χ4n) is 0.453. The normalized spacial score (nSPS) is 8.23. The van der Waals surface area contributed by atoms with E-state index in [0.29, 0.717) is 0 Å². The van der Waals surface area contributed by atoms with Crippen LogP contribution < -0.4 is 0 Å². The van der Waals surface area contributed by atoms with E-state index in [-0.39, 0.29) is 11.5 Å². The maximum Gasteiger partial charge on any atom is 0.115 e. The van der Waals surface area contributed by atoms with E-state index in [0.717, 1.165) is 0 Å². The quantitative estimate of drug-likeness (QED) is 0.476. The van der Waals surface area contributed by atoms with Crippen LogP contribution in [-0.4, -0.2) is 10.2 Å². The third kappa shape index (κ3) is 6.94. The minimum absolute atomic E-state index is 0.169. The molecule has 1 aromatic carbocycles. The SMILES string of the molecule is CC=C(C)C.Oc1ccc(O)cc1. The highest BCUT2D eigenvalue weighted by molar-refractivity contribution is 5.28. The van der Waals surface area contributed by atoms with Crippen molar-refractivity contribution in [3.63, 3.8) is 0 Å². The van der Waals surface area contributed by atoms with E-state index in [1.54, 1.807) is 0 Å². The molecular formula is C11H16O2. The van der Waals surface area contributed by atoms with Crippen LogP contribution in [0.1, 0.15) is 20.8 Å². The van der Waals surface area contributed by atoms with E-state index in [1.807, 2.05) is 6.92 Å². The fourth-order valence-corrected chi connectivity index (χ4v) is 0.453. The van der Waals surface area contributed by atoms with Crippen LogP contribution in [0.15, 0.2) is 35.9 Å². The Balaban J connectivity index is 0.000000252. The number of allylic oxidation sites excluding steroid dienone is 2. The summed E-state index contributed by atoms with van der Waals surface area (Å²) in [5, 5.41) is 17.3. The molecule has 13 heavy (non-hydrogen) atoms. The van der Waals surface area contributed by atoms with Crippen molar-refractivity contribution in [2.75, 3.05) is 0 Å². The Morgan fingerprint density at radius 2 is 1.23 bits per heavy atom. The number of hydrogen-bond acceptors (Lipinski definition) is 2. The Morgan fingerprint density at radius 1 is 1.00 bits per heavy atom. The monoisotopic (exact) mass is 180 g/mol. The molecule has 0 atom stereocenters. The van der Waals surface area contributed by atoms with E-state index in [9.17, 15) is 0 Å². The molecule has 0 saturated heterocycles. The lowest BCUT2D eigenvalue weighted by atomic mass is 10.3. The van der Waals surface area contributed by atoms with Gasteiger partial charge in [-0.05, 0) is 45.0 Å². The van der Waals surface area contributed by atoms with Gasteiger partial charge in [-0.15, -0.1) is 0 Å². The highest BCUT2D eigenvalue weighted by atomic mass is 16.3. The van der Waals surface area contributed by atoms with Gasteiger partial charge in [0.05, 0.1) is 0 Å². The van der Waals surface area contributed by atoms with Gasteiger partial charge in [0.2, 0.25) is 0 Å². The Bertz CT molecular complexity index is 235. The molecule has 0 heterocycles. The van der Waals surface area contributed by atoms with Crippen LogP contribution in [0.5, 0.6) is 11.5 Å². The van der Waals surface area contributed by atoms with Gasteiger partial charge in [0, 0.05) is 0 Å². The molecule has 72 valence electrons. The summed E-state index contributed by atoms with van der Waals surface area (Å²) in [4.78, 5) is 0. The summed E-state index contributed by atoms with van der Waals surface area (Å²) in [7, 11) is 0. The summed E-state index contributed by atoms with van der Waals surface area (Å²) in [6.07, 6.45) is 2.08. The van der Waals surface area contributed by atoms with Crippen molar-refractivity contribution in [2.24, 2.45) is 0 Å². The molecule has 0 unspecified atom stereocenters. The summed E-state index contributed by atoms with van der Waals surface area (Å²) >= 11 is 0. The first kappa shape index (κ1) is 11.6. The molecule has 0 aliphatic heterocycles. The van der Waals surface area contributed by atoms with Gasteiger partial charge in [-0.3, -0.25) is 0 Å². The molecule has 0 radical (unpaired) electrons. The smallest absolute Gasteiger partial charge is 0.115 e. The van der Waals surface area contributed by atoms with E-state index in [1.165, 1.54) is 29.8 Å². The number of phenols is 2. The standard InChI is InChI=1S/C6H6O2.C5H10/c7-5-1-2-6(8)4-3-5;1-4-5(2)3/h1-4,7-8H;4H,1-3H3. The molecule has 2 N–H and O–H groups in total. The number of phenolic OH excluding ortho intramolecular Hbond substituents is 2. The predicted molar refractivity (Wildman–Crippen MR) is 54.9 cm³/mol. The fraction of sp³-hybridized carbons (Fsp3) is 0.273. The molecule has 0 spiro atoms. The van der Waals surface area contributed by atoms with Crippen molar-refractivity contribution in [2.45, 2.75) is 20.8 Å². The van der Waals surface area contributed by atoms with Crippen LogP contribution >= 0.6 is 0 Å². The van der Waals surface area contributed by atoms with Crippen molar-refractivity contribution in [3.05, 3.63) is 35.9 Å². The molecule has 0 bridgehead atoms. The minimum atomic E-state index is 0.169. The lowest BCUT2D eigenvalue weighted by molar-refractivity contribution is 0.460. The number of hydrogen-bond donors (Lipinski definition) is 2. The van der Waals surface area contributed by atoms with Crippen molar-refractivity contribution >= 4 is 0 Å². The van der Waals surface area contributed by atoms with Crippen molar-refractivity contribution in [1.82, 2.24) is 0 Å². The summed E-state index contributed by atoms with van der Waals surface area (Å²) in [5.41, 5.74) is 1.38. The molecule has 0 amide bonds. The van der Waals surface area contributed by atoms with E-state index in [4.69, 9.17) is 10.2 Å². The largest absolute Gasteiger partial charge is 0.508 e. The molecule has 2 heteroatoms. The van der Waals surface area contributed by atoms with Gasteiger partial charge in [-0.1, -0.05) is 11.6 Å². The Morgan fingerprint density at radius 3 is 1.38 bits per heavy atom. The molecule has 2 nitrogen and oxygen atoms in total. The van der Waals surface area contributed by atoms with Gasteiger partial charge in [0.15, 0.2) is 0 Å². The Kier molecular flexibility index (Phi) is 5.44. The van der Waals surface area contributed by atoms with Crippen LogP contribution in [0.4, 0.5) is 0 Å². The lowest BCUT2D eigenvalue weighted by Gasteiger charge is -1.88. The first-order valence-electron chi connectivity index (χ1n) is 4.13. The van der Waals surface area contributed by atoms with Gasteiger partial charge < -0.3 is 10.2 Å². The highest BCUT2D eigenvalue weighted by Gasteiger charge is 1.84. The Hall–Kier alpha value is -1.44. The third-order valence-corrected chi connectivity index (χ3v) is 1.43. The first-order valence-corrected chi connectivity index (χ1v) is 4.13. The van der Waals surface area contributed by atoms with Gasteiger partial charge in [-0.25, -0.2) is 0 Å². The highest BCUT2D eigenvalue weighted by Crippen LogP contribution is 2.13. The van der Waals surface area contributed by atoms with Crippen LogP contribution in [-0.2, 0) is 0 Å². The summed E-state index contributed by atoms with van der Waals surface area (Å²) in [5.74, 6) is 0.339. The van der Waals surface area contributed by atoms with E-state index in [2.05, 4.69) is 19.9 Å². The van der Waals surface area contributed by atoms with Crippen molar-refractivity contribution in [3.8, 4) is 11.5 Å². The predicted octanol–water partition coefficient (Wildman–Crippen LogP) is 3.07. The molecule has 0 aliphatic rings. The average molecular weight is 180 g/mol. The van der Waals surface area contributed by atoms with E-state index < -0.39 is 0 Å². The lowest BCUT2D eigenvalue weighted by Crippen LogP contribution is -1.61. The maximum absolute atomic E-state index is 8.65. The zero-order valence-corrected chi connectivity index (χ0v) is 8.28. The van der Waals surface area contributed by atoms with Gasteiger partial charge in [0.1, 0.15) is 11.5 Å². The second-order valence-corrected chi connectivity index (χ2v) is 2.88. The van der Waals surface area contributed by atoms with Crippen molar-refractivity contribution in [1.29, 1.82) is 0 Å². The second-order valence-electron chi connectivity index (χ2n) is 2.88. The third-order valence-electron chi connectivity index (χ3n) is 1.43. The number of rotatable bonds is 0. The van der Waals surface area contributed by atoms with Gasteiger partial charge in [0.25, 0.3) is 0 Å². The van der Waals surface area contributed by atoms with Crippen LogP contribution in [0.25, 0.3) is 0 Å². The molecular weight excluding hydrogens is 164 g/mol. The summed E-state index contributed by atoms with van der Waals surface area (Å²) < 4.78 is 0. The maximum atomic E-state index is 8.65. The second kappa shape index (κ2) is 6.12. The molecule has 0 saturated carbocycles. The van der Waals surface area contributed by atoms with Crippen molar-refractivity contribution < 1.29 is 10.2 Å². The summed E-state index contributed by atoms with van der Waals surface area (Å²) in [6.45, 7) is 6.20. The van der Waals surface area contributed by atoms with Crippen LogP contribution in [0.2, 0.25) is 0 Å². The van der Waals surface area contributed by atoms with Gasteiger partial charge >= 0.3 is 0 Å². The van der Waals surface area contributed by atoms with Gasteiger partial charge in [-0.2, -0.15) is 0 Å². The molecule has 0 aromatic heterocycles. The van der Waals surface area contributed by atoms with Crippen LogP contribution in [0.3, 0.4) is 0 Å². The molecule has 0 fully saturated rings. The molecule has 1 rings (SSSR count). The topological polar surface area (TPSA) is 40.5 Å². The zero-order valence-electron chi connectivity index (χ0n) is 8.28. The zero-order chi connectivity index (χ0) is 10.3. The Labute approximate surface area is 79.2 Å². The minimum Gasteiger partial charge on any atom is -0.508 e. The summed E-state index contributed by atoms with van der Waals surface area (Å²) in [6, 6.07) is 5.70. The first-order chi connectivity index (χ1) is 6.06. The number of aromatic hydroxyl groups is 2.